The van der Waals surface area contributed by atoms with Crippen LogP contribution >= 0.6 is 0 Å². The van der Waals surface area contributed by atoms with Crippen molar-refractivity contribution in [3.63, 3.8) is 0 Å². The zero-order chi connectivity index (χ0) is 21.6. The molecule has 9 nitrogen and oxygen atoms in total. The highest BCUT2D eigenvalue weighted by Crippen LogP contribution is 2.29. The van der Waals surface area contributed by atoms with Crippen LogP contribution in [0.4, 0.5) is 10.6 Å². The molecule has 0 aliphatic heterocycles. The van der Waals surface area contributed by atoms with Crippen molar-refractivity contribution in [2.24, 2.45) is 0 Å². The minimum absolute atomic E-state index is 0.0653. The van der Waals surface area contributed by atoms with E-state index in [9.17, 15) is 4.79 Å². The van der Waals surface area contributed by atoms with E-state index in [1.165, 1.54) is 0 Å². The standard InChI is InChI=1S/C20H34N6O3/c1-7-25(8-2)20(27)22-9-11-29-12-10-26-17-13(3)14(4)23-18(21)16(17)24-19(26)15(5)28-6/h15H,7-12H2,1-6H3,(H2,21,23)(H,22,27). The first-order valence-electron chi connectivity index (χ1n) is 10.1. The molecule has 29 heavy (non-hydrogen) atoms. The predicted molar refractivity (Wildman–Crippen MR) is 114 cm³/mol. The van der Waals surface area contributed by atoms with Gasteiger partial charge in [-0.15, -0.1) is 0 Å². The summed E-state index contributed by atoms with van der Waals surface area (Å²) in [6, 6.07) is -0.0653. The molecule has 1 unspecified atom stereocenters. The van der Waals surface area contributed by atoms with Crippen molar-refractivity contribution in [1.82, 2.24) is 24.8 Å². The monoisotopic (exact) mass is 406 g/mol. The lowest BCUT2D eigenvalue weighted by Crippen LogP contribution is -2.41. The van der Waals surface area contributed by atoms with Gasteiger partial charge in [0.2, 0.25) is 0 Å². The van der Waals surface area contributed by atoms with Crippen molar-refractivity contribution >= 4 is 22.9 Å². The van der Waals surface area contributed by atoms with Gasteiger partial charge < -0.3 is 30.0 Å². The van der Waals surface area contributed by atoms with Crippen molar-refractivity contribution in [3.05, 3.63) is 17.1 Å². The Bertz CT molecular complexity index is 831. The summed E-state index contributed by atoms with van der Waals surface area (Å²) in [5.41, 5.74) is 9.70. The number of nitrogens with two attached hydrogens (primary N) is 1. The van der Waals surface area contributed by atoms with E-state index in [1.54, 1.807) is 12.0 Å². The molecule has 0 spiro atoms. The van der Waals surface area contributed by atoms with Crippen LogP contribution in [0.1, 0.15) is 44.0 Å². The van der Waals surface area contributed by atoms with Crippen LogP contribution in [0, 0.1) is 13.8 Å². The van der Waals surface area contributed by atoms with Gasteiger partial charge >= 0.3 is 6.03 Å². The Balaban J connectivity index is 2.05. The number of imidazole rings is 1. The molecule has 0 aliphatic rings. The fraction of sp³-hybridized carbons (Fsp3) is 0.650. The lowest BCUT2D eigenvalue weighted by molar-refractivity contribution is 0.101. The van der Waals surface area contributed by atoms with E-state index < -0.39 is 0 Å². The number of nitrogen functional groups attached to an aromatic ring is 1. The van der Waals surface area contributed by atoms with Crippen LogP contribution in [0.2, 0.25) is 0 Å². The number of urea groups is 1. The van der Waals surface area contributed by atoms with Crippen LogP contribution in [0.25, 0.3) is 11.0 Å². The van der Waals surface area contributed by atoms with Crippen molar-refractivity contribution < 1.29 is 14.3 Å². The van der Waals surface area contributed by atoms with Crippen molar-refractivity contribution in [2.75, 3.05) is 45.7 Å². The first kappa shape index (κ1) is 22.9. The van der Waals surface area contributed by atoms with Gasteiger partial charge in [0.05, 0.1) is 18.7 Å². The molecule has 0 saturated heterocycles. The van der Waals surface area contributed by atoms with Crippen LogP contribution in [-0.2, 0) is 16.0 Å². The van der Waals surface area contributed by atoms with Crippen LogP contribution in [-0.4, -0.2) is 65.4 Å². The summed E-state index contributed by atoms with van der Waals surface area (Å²) in [4.78, 5) is 22.8. The number of nitrogens with one attached hydrogen (secondary N) is 1. The van der Waals surface area contributed by atoms with Gasteiger partial charge in [-0.05, 0) is 40.2 Å². The number of methoxy groups -OCH3 is 1. The summed E-state index contributed by atoms with van der Waals surface area (Å²) in [6.45, 7) is 13.2. The van der Waals surface area contributed by atoms with Crippen molar-refractivity contribution in [3.8, 4) is 0 Å². The maximum absolute atomic E-state index is 11.9. The van der Waals surface area contributed by atoms with Crippen LogP contribution in [0.3, 0.4) is 0 Å². The molecule has 2 aromatic heterocycles. The highest BCUT2D eigenvalue weighted by Gasteiger charge is 2.21. The third kappa shape index (κ3) is 5.16. The number of pyridine rings is 1. The van der Waals surface area contributed by atoms with Gasteiger partial charge in [-0.3, -0.25) is 0 Å². The van der Waals surface area contributed by atoms with E-state index in [-0.39, 0.29) is 12.1 Å². The first-order valence-corrected chi connectivity index (χ1v) is 10.1. The predicted octanol–water partition coefficient (Wildman–Crippen LogP) is 2.41. The number of aryl methyl sites for hydroxylation is 2. The number of anilines is 1. The van der Waals surface area contributed by atoms with E-state index in [0.717, 1.165) is 22.6 Å². The molecule has 2 amide bonds. The van der Waals surface area contributed by atoms with Crippen molar-refractivity contribution in [2.45, 2.75) is 47.3 Å². The van der Waals surface area contributed by atoms with E-state index >= 15 is 0 Å². The Morgan fingerprint density at radius 3 is 2.55 bits per heavy atom. The van der Waals surface area contributed by atoms with Crippen LogP contribution < -0.4 is 11.1 Å². The summed E-state index contributed by atoms with van der Waals surface area (Å²) in [5, 5.41) is 2.87. The van der Waals surface area contributed by atoms with Gasteiger partial charge in [-0.2, -0.15) is 0 Å². The van der Waals surface area contributed by atoms with Crippen molar-refractivity contribution in [1.29, 1.82) is 0 Å². The second-order valence-electron chi connectivity index (χ2n) is 6.92. The third-order valence-electron chi connectivity index (χ3n) is 5.18. The second kappa shape index (κ2) is 10.4. The number of ether oxygens (including phenoxy) is 2. The number of aromatic nitrogens is 3. The normalized spacial score (nSPS) is 12.3. The Hall–Kier alpha value is -2.39. The van der Waals surface area contributed by atoms with Gasteiger partial charge in [-0.25, -0.2) is 14.8 Å². The minimum Gasteiger partial charge on any atom is -0.382 e. The third-order valence-corrected chi connectivity index (χ3v) is 5.18. The molecule has 0 saturated carbocycles. The number of fused-ring (bicyclic) bond motifs is 1. The Morgan fingerprint density at radius 2 is 1.93 bits per heavy atom. The van der Waals surface area contributed by atoms with Gasteiger partial charge in [0.25, 0.3) is 0 Å². The zero-order valence-corrected chi connectivity index (χ0v) is 18.4. The van der Waals surface area contributed by atoms with Gasteiger partial charge in [0.15, 0.2) is 5.82 Å². The highest BCUT2D eigenvalue weighted by atomic mass is 16.5. The maximum Gasteiger partial charge on any atom is 0.317 e. The molecule has 0 radical (unpaired) electrons. The number of carbonyl (C=O) groups excluding carboxylic acids is 1. The number of hydrogen-bond acceptors (Lipinski definition) is 6. The van der Waals surface area contributed by atoms with E-state index in [1.807, 2.05) is 34.6 Å². The zero-order valence-electron chi connectivity index (χ0n) is 18.4. The SMILES string of the molecule is CCN(CC)C(=O)NCCOCCn1c(C(C)OC)nc2c(N)nc(C)c(C)c21. The molecule has 9 heteroatoms. The second-order valence-corrected chi connectivity index (χ2v) is 6.92. The molecule has 1 atom stereocenters. The average molecular weight is 407 g/mol. The lowest BCUT2D eigenvalue weighted by atomic mass is 10.2. The minimum atomic E-state index is -0.185. The van der Waals surface area contributed by atoms with Gasteiger partial charge in [0, 0.05) is 39.0 Å². The largest absolute Gasteiger partial charge is 0.382 e. The first-order chi connectivity index (χ1) is 13.8. The molecular weight excluding hydrogens is 372 g/mol. The average Bonchev–Trinajstić information content (AvgIpc) is 3.09. The number of carbonyl (C=O) groups is 1. The maximum atomic E-state index is 11.9. The molecule has 2 aromatic rings. The topological polar surface area (TPSA) is 108 Å². The molecule has 0 aliphatic carbocycles. The van der Waals surface area contributed by atoms with Gasteiger partial charge in [-0.1, -0.05) is 0 Å². The summed E-state index contributed by atoms with van der Waals surface area (Å²) < 4.78 is 13.3. The molecule has 0 bridgehead atoms. The highest BCUT2D eigenvalue weighted by molar-refractivity contribution is 5.88. The smallest absolute Gasteiger partial charge is 0.317 e. The molecule has 3 N–H and O–H groups in total. The number of hydrogen-bond donors (Lipinski definition) is 2. The summed E-state index contributed by atoms with van der Waals surface area (Å²) >= 11 is 0. The van der Waals surface area contributed by atoms with Gasteiger partial charge in [0.1, 0.15) is 17.4 Å². The molecule has 0 aromatic carbocycles. The van der Waals surface area contributed by atoms with E-state index in [4.69, 9.17) is 20.2 Å². The number of amides is 2. The number of rotatable bonds is 10. The molecule has 162 valence electrons. The fourth-order valence-corrected chi connectivity index (χ4v) is 3.27. The van der Waals surface area contributed by atoms with Crippen LogP contribution in [0.15, 0.2) is 0 Å². The lowest BCUT2D eigenvalue weighted by Gasteiger charge is -2.19. The quantitative estimate of drug-likeness (QED) is 0.587. The van der Waals surface area contributed by atoms with Crippen LogP contribution in [0.5, 0.6) is 0 Å². The molecule has 2 heterocycles. The Labute approximate surface area is 172 Å². The summed E-state index contributed by atoms with van der Waals surface area (Å²) in [6.07, 6.45) is -0.185. The number of nitrogens with zero attached hydrogens (tertiary/aromatic N) is 4. The molecular formula is C20H34N6O3. The van der Waals surface area contributed by atoms with E-state index in [0.29, 0.717) is 50.7 Å². The Kier molecular flexibility index (Phi) is 8.21. The van der Waals surface area contributed by atoms with E-state index in [2.05, 4.69) is 14.9 Å². The molecule has 2 rings (SSSR count). The fourth-order valence-electron chi connectivity index (χ4n) is 3.27. The Morgan fingerprint density at radius 1 is 1.24 bits per heavy atom. The molecule has 0 fully saturated rings. The summed E-state index contributed by atoms with van der Waals surface area (Å²) in [7, 11) is 1.66. The summed E-state index contributed by atoms with van der Waals surface area (Å²) in [5.74, 6) is 1.22.